The molecule has 31 heavy (non-hydrogen) atoms. The summed E-state index contributed by atoms with van der Waals surface area (Å²) in [6.45, 7) is 7.91. The number of imidazole rings is 1. The van der Waals surface area contributed by atoms with Crippen LogP contribution >= 0.6 is 0 Å². The minimum Gasteiger partial charge on any atom is -0.472 e. The summed E-state index contributed by atoms with van der Waals surface area (Å²) in [5, 5.41) is 4.00. The van der Waals surface area contributed by atoms with Gasteiger partial charge in [-0.2, -0.15) is 12.6 Å². The summed E-state index contributed by atoms with van der Waals surface area (Å²) in [6, 6.07) is 24.4. The molecule has 0 aliphatic carbocycles. The fourth-order valence-corrected chi connectivity index (χ4v) is 6.20. The van der Waals surface area contributed by atoms with Crippen molar-refractivity contribution in [2.24, 2.45) is 0 Å². The molecule has 0 saturated heterocycles. The molecule has 4 heteroatoms. The van der Waals surface area contributed by atoms with Crippen molar-refractivity contribution < 1.29 is 4.57 Å². The third kappa shape index (κ3) is 2.39. The Morgan fingerprint density at radius 2 is 1.61 bits per heavy atom. The summed E-state index contributed by atoms with van der Waals surface area (Å²) in [5.41, 5.74) is 5.57. The van der Waals surface area contributed by atoms with Gasteiger partial charge in [-0.3, -0.25) is 4.57 Å². The first-order valence-corrected chi connectivity index (χ1v) is 11.6. The highest BCUT2D eigenvalue weighted by Gasteiger charge is 2.46. The van der Waals surface area contributed by atoms with Gasteiger partial charge in [0.25, 0.3) is 0 Å². The Hall–Kier alpha value is -3.27. The minimum atomic E-state index is -0.886. The van der Waals surface area contributed by atoms with E-state index in [0.29, 0.717) is 0 Å². The van der Waals surface area contributed by atoms with Crippen LogP contribution in [-0.2, 0) is 6.54 Å². The molecule has 0 amide bonds. The van der Waals surface area contributed by atoms with E-state index in [1.54, 1.807) is 0 Å². The van der Waals surface area contributed by atoms with Crippen LogP contribution in [-0.4, -0.2) is 15.3 Å². The molecule has 3 heterocycles. The van der Waals surface area contributed by atoms with Crippen LogP contribution in [0.15, 0.2) is 79.1 Å². The number of aromatic nitrogens is 3. The molecule has 2 aromatic heterocycles. The van der Waals surface area contributed by atoms with Gasteiger partial charge in [0, 0.05) is 16.5 Å². The van der Waals surface area contributed by atoms with Gasteiger partial charge >= 0.3 is 0 Å². The van der Waals surface area contributed by atoms with E-state index in [0.717, 1.165) is 19.2 Å². The second-order valence-electron chi connectivity index (χ2n) is 9.18. The Kier molecular flexibility index (Phi) is 3.95. The molecular formula is C27H28BN3. The number of aryl methyl sites for hydroxylation is 1. The lowest BCUT2D eigenvalue weighted by molar-refractivity contribution is -0.670. The Bertz CT molecular complexity index is 1450. The van der Waals surface area contributed by atoms with Crippen LogP contribution in [0.4, 0.5) is 0 Å². The quantitative estimate of drug-likeness (QED) is 0.285. The Morgan fingerprint density at radius 1 is 0.871 bits per heavy atom. The van der Waals surface area contributed by atoms with Gasteiger partial charge in [0.15, 0.2) is 5.82 Å². The smallest absolute Gasteiger partial charge is 0.217 e. The summed E-state index contributed by atoms with van der Waals surface area (Å²) in [6.07, 6.45) is 5.94. The fourth-order valence-electron chi connectivity index (χ4n) is 6.20. The van der Waals surface area contributed by atoms with Crippen molar-refractivity contribution >= 4 is 33.7 Å². The lowest BCUT2D eigenvalue weighted by Crippen LogP contribution is -2.65. The number of benzene rings is 3. The van der Waals surface area contributed by atoms with E-state index in [-0.39, 0.29) is 0 Å². The molecule has 0 atom stereocenters. The zero-order valence-corrected chi connectivity index (χ0v) is 18.5. The zero-order valence-electron chi connectivity index (χ0n) is 18.5. The molecule has 0 fully saturated rings. The van der Waals surface area contributed by atoms with Crippen molar-refractivity contribution in [3.05, 3.63) is 90.3 Å². The molecule has 0 N–H and O–H groups in total. The highest BCUT2D eigenvalue weighted by Crippen LogP contribution is 2.37. The molecule has 5 aromatic rings. The minimum absolute atomic E-state index is 0.886. The van der Waals surface area contributed by atoms with Gasteiger partial charge in [-0.1, -0.05) is 68.4 Å². The monoisotopic (exact) mass is 405 g/mol. The van der Waals surface area contributed by atoms with Gasteiger partial charge in [0.1, 0.15) is 24.7 Å². The largest absolute Gasteiger partial charge is 0.472 e. The maximum Gasteiger partial charge on any atom is 0.217 e. The van der Waals surface area contributed by atoms with Crippen LogP contribution in [0.2, 0.25) is 12.6 Å². The predicted molar refractivity (Wildman–Crippen MR) is 131 cm³/mol. The number of para-hydroxylation sites is 1. The van der Waals surface area contributed by atoms with Crippen molar-refractivity contribution in [1.29, 1.82) is 0 Å². The summed E-state index contributed by atoms with van der Waals surface area (Å²) in [7, 11) is 0. The normalized spacial score (nSPS) is 14.3. The number of hydrogen-bond donors (Lipinski definition) is 0. The number of rotatable bonds is 4. The molecule has 154 valence electrons. The second kappa shape index (κ2) is 6.62. The molecule has 0 radical (unpaired) electrons. The Balaban J connectivity index is 1.55. The molecule has 0 unspecified atom stereocenters. The summed E-state index contributed by atoms with van der Waals surface area (Å²) >= 11 is 0. The Labute approximate surface area is 183 Å². The van der Waals surface area contributed by atoms with E-state index in [1.165, 1.54) is 44.3 Å². The van der Waals surface area contributed by atoms with Crippen LogP contribution < -0.4 is 10.3 Å². The molecule has 6 rings (SSSR count). The molecule has 0 spiro atoms. The van der Waals surface area contributed by atoms with E-state index in [1.807, 2.05) is 0 Å². The fraction of sp³-hybridized carbons (Fsp3) is 0.222. The average molecular weight is 405 g/mol. The first kappa shape index (κ1) is 18.5. The topological polar surface area (TPSA) is 13.7 Å². The van der Waals surface area contributed by atoms with Crippen LogP contribution in [0.5, 0.6) is 0 Å². The summed E-state index contributed by atoms with van der Waals surface area (Å²) in [4.78, 5) is 0. The van der Waals surface area contributed by atoms with Gasteiger partial charge in [0.05, 0.1) is 0 Å². The lowest BCUT2D eigenvalue weighted by atomic mass is 9.31. The molecule has 3 aromatic carbocycles. The lowest BCUT2D eigenvalue weighted by Gasteiger charge is -2.33. The zero-order chi connectivity index (χ0) is 21.2. The van der Waals surface area contributed by atoms with Crippen LogP contribution in [0.25, 0.3) is 27.5 Å². The van der Waals surface area contributed by atoms with E-state index < -0.39 is 6.28 Å². The van der Waals surface area contributed by atoms with Gasteiger partial charge in [-0.15, -0.1) is 0 Å². The molecular weight excluding hydrogens is 377 g/mol. The van der Waals surface area contributed by atoms with Crippen molar-refractivity contribution in [2.45, 2.75) is 40.0 Å². The molecule has 0 saturated carbocycles. The summed E-state index contributed by atoms with van der Waals surface area (Å²) < 4.78 is 7.65. The first-order valence-electron chi connectivity index (χ1n) is 11.6. The van der Waals surface area contributed by atoms with Gasteiger partial charge in [-0.25, -0.2) is 4.57 Å². The van der Waals surface area contributed by atoms with E-state index in [4.69, 9.17) is 0 Å². The SMILES string of the molecule is CC[B-]1(CC)c2n(cc[n+]2Cc2ccc3ccccc3c2)-c2c(C)c3ccccc3n21. The van der Waals surface area contributed by atoms with Gasteiger partial charge in [-0.05, 0) is 35.4 Å². The molecule has 1 aliphatic rings. The molecule has 0 bridgehead atoms. The van der Waals surface area contributed by atoms with Crippen LogP contribution in [0.1, 0.15) is 25.0 Å². The highest BCUT2D eigenvalue weighted by atomic mass is 15.3. The third-order valence-electron chi connectivity index (χ3n) is 7.79. The standard InChI is InChI=1S/C27H28BN3/c1-4-28(5-2)27-29(19-21-14-15-22-10-6-7-11-23(22)18-21)16-17-30(27)26-20(3)24-12-8-9-13-25(24)31(26)28/h6-18H,4-5,19H2,1-3H3. The first-order chi connectivity index (χ1) is 15.2. The maximum atomic E-state index is 2.68. The van der Waals surface area contributed by atoms with Crippen molar-refractivity contribution in [1.82, 2.24) is 9.05 Å². The van der Waals surface area contributed by atoms with Gasteiger partial charge in [0.2, 0.25) is 6.28 Å². The maximum absolute atomic E-state index is 2.68. The van der Waals surface area contributed by atoms with E-state index in [2.05, 4.69) is 114 Å². The summed E-state index contributed by atoms with van der Waals surface area (Å²) in [5.74, 6) is 1.36. The van der Waals surface area contributed by atoms with Gasteiger partial charge < -0.3 is 4.48 Å². The molecule has 1 aliphatic heterocycles. The van der Waals surface area contributed by atoms with Crippen LogP contribution in [0, 0.1) is 6.92 Å². The van der Waals surface area contributed by atoms with Crippen molar-refractivity contribution in [3.63, 3.8) is 0 Å². The number of hydrogen-bond acceptors (Lipinski definition) is 0. The Morgan fingerprint density at radius 3 is 2.42 bits per heavy atom. The van der Waals surface area contributed by atoms with Crippen LogP contribution in [0.3, 0.4) is 0 Å². The number of nitrogens with zero attached hydrogens (tertiary/aromatic N) is 3. The third-order valence-corrected chi connectivity index (χ3v) is 7.79. The van der Waals surface area contributed by atoms with E-state index in [9.17, 15) is 0 Å². The second-order valence-corrected chi connectivity index (χ2v) is 9.18. The van der Waals surface area contributed by atoms with Crippen molar-refractivity contribution in [2.75, 3.05) is 0 Å². The van der Waals surface area contributed by atoms with E-state index >= 15 is 0 Å². The highest BCUT2D eigenvalue weighted by molar-refractivity contribution is 6.90. The average Bonchev–Trinajstić information content (AvgIpc) is 3.44. The molecule has 3 nitrogen and oxygen atoms in total. The number of fused-ring (bicyclic) bond motifs is 6. The predicted octanol–water partition coefficient (Wildman–Crippen LogP) is 5.28. The van der Waals surface area contributed by atoms with Crippen molar-refractivity contribution in [3.8, 4) is 5.82 Å².